The molecular formula is C7H8BrN3O. The number of hydrogen-bond donors (Lipinski definition) is 2. The lowest BCUT2D eigenvalue weighted by Crippen LogP contribution is -2.13. The van der Waals surface area contributed by atoms with Crippen LogP contribution in [0.25, 0.3) is 0 Å². The van der Waals surface area contributed by atoms with Crippen LogP contribution in [0.5, 0.6) is 5.75 Å². The number of nitrogen functional groups attached to an aromatic ring is 1. The van der Waals surface area contributed by atoms with Crippen molar-refractivity contribution in [2.75, 3.05) is 7.11 Å². The first-order chi connectivity index (χ1) is 5.65. The van der Waals surface area contributed by atoms with Gasteiger partial charge in [-0.25, -0.2) is 4.98 Å². The topological polar surface area (TPSA) is 72.0 Å². The zero-order valence-corrected chi connectivity index (χ0v) is 8.05. The number of nitrogens with two attached hydrogens (primary N) is 1. The molecule has 1 aromatic rings. The summed E-state index contributed by atoms with van der Waals surface area (Å²) in [5.41, 5.74) is 5.67. The van der Waals surface area contributed by atoms with Crippen molar-refractivity contribution in [3.05, 3.63) is 22.4 Å². The second-order valence-electron chi connectivity index (χ2n) is 2.10. The smallest absolute Gasteiger partial charge is 0.151 e. The highest BCUT2D eigenvalue weighted by atomic mass is 79.9. The Morgan fingerprint density at radius 3 is 2.75 bits per heavy atom. The third-order valence-electron chi connectivity index (χ3n) is 1.31. The molecule has 0 amide bonds. The molecule has 3 N–H and O–H groups in total. The van der Waals surface area contributed by atoms with E-state index in [1.807, 2.05) is 0 Å². The van der Waals surface area contributed by atoms with Crippen molar-refractivity contribution >= 4 is 21.8 Å². The van der Waals surface area contributed by atoms with Crippen molar-refractivity contribution in [3.8, 4) is 5.75 Å². The van der Waals surface area contributed by atoms with Crippen LogP contribution in [-0.4, -0.2) is 17.9 Å². The average molecular weight is 230 g/mol. The van der Waals surface area contributed by atoms with Gasteiger partial charge < -0.3 is 10.5 Å². The van der Waals surface area contributed by atoms with Gasteiger partial charge in [0.1, 0.15) is 16.1 Å². The van der Waals surface area contributed by atoms with Crippen LogP contribution >= 0.6 is 15.9 Å². The molecule has 0 spiro atoms. The number of hydrogen-bond acceptors (Lipinski definition) is 3. The number of nitrogens with zero attached hydrogens (tertiary/aromatic N) is 1. The van der Waals surface area contributed by atoms with Gasteiger partial charge in [-0.05, 0) is 28.1 Å². The summed E-state index contributed by atoms with van der Waals surface area (Å²) < 4.78 is 5.51. The first-order valence-electron chi connectivity index (χ1n) is 3.20. The Kier molecular flexibility index (Phi) is 2.65. The van der Waals surface area contributed by atoms with Gasteiger partial charge in [-0.1, -0.05) is 0 Å². The fraction of sp³-hybridized carbons (Fsp3) is 0.143. The lowest BCUT2D eigenvalue weighted by Gasteiger charge is -2.03. The van der Waals surface area contributed by atoms with E-state index in [0.29, 0.717) is 16.0 Å². The molecule has 4 nitrogen and oxygen atoms in total. The minimum absolute atomic E-state index is 0.0571. The van der Waals surface area contributed by atoms with Crippen molar-refractivity contribution in [1.29, 1.82) is 5.41 Å². The molecule has 1 heterocycles. The molecular weight excluding hydrogens is 222 g/mol. The van der Waals surface area contributed by atoms with Crippen LogP contribution in [0, 0.1) is 5.41 Å². The maximum absolute atomic E-state index is 7.11. The summed E-state index contributed by atoms with van der Waals surface area (Å²) in [6, 6.07) is 3.33. The van der Waals surface area contributed by atoms with E-state index in [2.05, 4.69) is 20.9 Å². The quantitative estimate of drug-likeness (QED) is 0.454. The number of ether oxygens (including phenoxy) is 1. The Balaban J connectivity index is 3.10. The highest BCUT2D eigenvalue weighted by molar-refractivity contribution is 9.10. The third kappa shape index (κ3) is 1.73. The van der Waals surface area contributed by atoms with E-state index in [9.17, 15) is 0 Å². The van der Waals surface area contributed by atoms with E-state index in [1.54, 1.807) is 19.2 Å². The van der Waals surface area contributed by atoms with E-state index in [1.165, 1.54) is 0 Å². The monoisotopic (exact) mass is 229 g/mol. The van der Waals surface area contributed by atoms with Gasteiger partial charge in [-0.2, -0.15) is 0 Å². The second kappa shape index (κ2) is 3.53. The van der Waals surface area contributed by atoms with Crippen LogP contribution in [0.1, 0.15) is 5.69 Å². The Morgan fingerprint density at radius 1 is 1.67 bits per heavy atom. The second-order valence-corrected chi connectivity index (χ2v) is 2.85. The molecule has 12 heavy (non-hydrogen) atoms. The molecule has 0 bridgehead atoms. The molecule has 0 unspecified atom stereocenters. The van der Waals surface area contributed by atoms with Gasteiger partial charge in [0.2, 0.25) is 0 Å². The van der Waals surface area contributed by atoms with Gasteiger partial charge in [0.05, 0.1) is 7.11 Å². The van der Waals surface area contributed by atoms with Crippen molar-refractivity contribution in [2.45, 2.75) is 0 Å². The van der Waals surface area contributed by atoms with Gasteiger partial charge >= 0.3 is 0 Å². The molecule has 5 heteroatoms. The minimum Gasteiger partial charge on any atom is -0.494 e. The van der Waals surface area contributed by atoms with Crippen LogP contribution < -0.4 is 10.5 Å². The Labute approximate surface area is 78.4 Å². The van der Waals surface area contributed by atoms with Crippen LogP contribution in [0.4, 0.5) is 0 Å². The maximum atomic E-state index is 7.11. The zero-order valence-electron chi connectivity index (χ0n) is 6.47. The fourth-order valence-electron chi connectivity index (χ4n) is 0.724. The number of pyridine rings is 1. The molecule has 64 valence electrons. The number of aromatic nitrogens is 1. The standard InChI is InChI=1S/C7H8BrN3O/c1-12-5-3-2-4(7(9)10)11-6(5)8/h2-3H,1H3,(H3,9,10). The average Bonchev–Trinajstić information content (AvgIpc) is 2.04. The summed E-state index contributed by atoms with van der Waals surface area (Å²) in [7, 11) is 1.55. The van der Waals surface area contributed by atoms with Gasteiger partial charge in [-0.3, -0.25) is 5.41 Å². The molecule has 0 fully saturated rings. The molecule has 0 aromatic carbocycles. The Morgan fingerprint density at radius 2 is 2.33 bits per heavy atom. The molecule has 0 radical (unpaired) electrons. The zero-order chi connectivity index (χ0) is 9.14. The van der Waals surface area contributed by atoms with E-state index < -0.39 is 0 Å². The molecule has 0 saturated carbocycles. The van der Waals surface area contributed by atoms with E-state index >= 15 is 0 Å². The normalized spacial score (nSPS) is 9.50. The maximum Gasteiger partial charge on any atom is 0.151 e. The van der Waals surface area contributed by atoms with Gasteiger partial charge in [0.15, 0.2) is 5.75 Å². The molecule has 1 rings (SSSR count). The predicted molar refractivity (Wildman–Crippen MR) is 49.5 cm³/mol. The summed E-state index contributed by atoms with van der Waals surface area (Å²) in [6.07, 6.45) is 0. The first-order valence-corrected chi connectivity index (χ1v) is 3.99. The van der Waals surface area contributed by atoms with Gasteiger partial charge in [0, 0.05) is 0 Å². The van der Waals surface area contributed by atoms with Crippen molar-refractivity contribution < 1.29 is 4.74 Å². The predicted octanol–water partition coefficient (Wildman–Crippen LogP) is 1.14. The molecule has 0 aliphatic carbocycles. The van der Waals surface area contributed by atoms with E-state index in [0.717, 1.165) is 0 Å². The largest absolute Gasteiger partial charge is 0.494 e. The lowest BCUT2D eigenvalue weighted by molar-refractivity contribution is 0.409. The van der Waals surface area contributed by atoms with Crippen molar-refractivity contribution in [3.63, 3.8) is 0 Å². The Hall–Kier alpha value is -1.10. The number of amidine groups is 1. The number of rotatable bonds is 2. The van der Waals surface area contributed by atoms with Crippen molar-refractivity contribution in [2.24, 2.45) is 5.73 Å². The fourth-order valence-corrected chi connectivity index (χ4v) is 1.21. The van der Waals surface area contributed by atoms with Gasteiger partial charge in [-0.15, -0.1) is 0 Å². The molecule has 1 aromatic heterocycles. The highest BCUT2D eigenvalue weighted by Gasteiger charge is 2.03. The number of nitrogens with one attached hydrogen (secondary N) is 1. The summed E-state index contributed by atoms with van der Waals surface area (Å²) >= 11 is 3.19. The summed E-state index contributed by atoms with van der Waals surface area (Å²) in [5, 5.41) is 7.11. The van der Waals surface area contributed by atoms with E-state index in [4.69, 9.17) is 15.9 Å². The molecule has 0 atom stereocenters. The summed E-state index contributed by atoms with van der Waals surface area (Å²) in [6.45, 7) is 0. The van der Waals surface area contributed by atoms with Crippen LogP contribution in [0.15, 0.2) is 16.7 Å². The lowest BCUT2D eigenvalue weighted by atomic mass is 10.3. The number of methoxy groups -OCH3 is 1. The SMILES string of the molecule is COc1ccc(C(=N)N)nc1Br. The highest BCUT2D eigenvalue weighted by Crippen LogP contribution is 2.21. The third-order valence-corrected chi connectivity index (χ3v) is 1.88. The first kappa shape index (κ1) is 8.99. The minimum atomic E-state index is -0.0571. The van der Waals surface area contributed by atoms with Crippen LogP contribution in [-0.2, 0) is 0 Å². The van der Waals surface area contributed by atoms with Gasteiger partial charge in [0.25, 0.3) is 0 Å². The summed E-state index contributed by atoms with van der Waals surface area (Å²) in [4.78, 5) is 3.99. The van der Waals surface area contributed by atoms with Crippen LogP contribution in [0.2, 0.25) is 0 Å². The molecule has 0 aliphatic rings. The summed E-state index contributed by atoms with van der Waals surface area (Å²) in [5.74, 6) is 0.568. The van der Waals surface area contributed by atoms with E-state index in [-0.39, 0.29) is 5.84 Å². The van der Waals surface area contributed by atoms with Crippen molar-refractivity contribution in [1.82, 2.24) is 4.98 Å². The Bertz CT molecular complexity index is 314. The molecule has 0 aliphatic heterocycles. The molecule has 0 saturated heterocycles. The van der Waals surface area contributed by atoms with Crippen LogP contribution in [0.3, 0.4) is 0 Å². The number of halogens is 1.